The summed E-state index contributed by atoms with van der Waals surface area (Å²) in [5.41, 5.74) is 1.36. The van der Waals surface area contributed by atoms with E-state index in [2.05, 4.69) is 5.32 Å². The van der Waals surface area contributed by atoms with Crippen molar-refractivity contribution in [2.75, 3.05) is 5.32 Å². The number of hydrogen-bond donors (Lipinski definition) is 1. The predicted octanol–water partition coefficient (Wildman–Crippen LogP) is 5.16. The van der Waals surface area contributed by atoms with Gasteiger partial charge in [0.05, 0.1) is 4.92 Å². The summed E-state index contributed by atoms with van der Waals surface area (Å²) in [6.45, 7) is 0. The fraction of sp³-hybridized carbons (Fsp3) is 0. The second-order valence-corrected chi connectivity index (χ2v) is 5.77. The van der Waals surface area contributed by atoms with Crippen molar-refractivity contribution in [3.05, 3.63) is 87.6 Å². The molecule has 0 bridgehead atoms. The number of benzene rings is 2. The normalized spacial score (nSPS) is 10.8. The van der Waals surface area contributed by atoms with Crippen molar-refractivity contribution in [3.8, 4) is 11.3 Å². The van der Waals surface area contributed by atoms with Crippen LogP contribution in [0.2, 0.25) is 5.02 Å². The molecule has 1 amide bonds. The maximum Gasteiger partial charge on any atom is 0.269 e. The molecule has 3 aromatic rings. The van der Waals surface area contributed by atoms with E-state index in [1.807, 2.05) is 0 Å². The molecule has 2 aromatic carbocycles. The summed E-state index contributed by atoms with van der Waals surface area (Å²) >= 11 is 5.79. The summed E-state index contributed by atoms with van der Waals surface area (Å²) < 4.78 is 5.63. The second kappa shape index (κ2) is 7.67. The number of nitro groups is 1. The van der Waals surface area contributed by atoms with E-state index in [1.54, 1.807) is 54.6 Å². The minimum Gasteiger partial charge on any atom is -0.457 e. The van der Waals surface area contributed by atoms with E-state index in [9.17, 15) is 14.9 Å². The molecule has 1 N–H and O–H groups in total. The second-order valence-electron chi connectivity index (χ2n) is 5.34. The van der Waals surface area contributed by atoms with Gasteiger partial charge in [0.15, 0.2) is 0 Å². The van der Waals surface area contributed by atoms with Gasteiger partial charge in [-0.2, -0.15) is 0 Å². The average molecular weight is 369 g/mol. The van der Waals surface area contributed by atoms with Crippen molar-refractivity contribution < 1.29 is 14.1 Å². The summed E-state index contributed by atoms with van der Waals surface area (Å²) in [4.78, 5) is 22.1. The van der Waals surface area contributed by atoms with Crippen LogP contribution in [0.3, 0.4) is 0 Å². The van der Waals surface area contributed by atoms with Crippen molar-refractivity contribution in [3.63, 3.8) is 0 Å². The van der Waals surface area contributed by atoms with Gasteiger partial charge in [-0.3, -0.25) is 14.9 Å². The van der Waals surface area contributed by atoms with Crippen LogP contribution in [-0.2, 0) is 4.79 Å². The minimum atomic E-state index is -0.459. The van der Waals surface area contributed by atoms with Crippen LogP contribution < -0.4 is 5.32 Å². The van der Waals surface area contributed by atoms with Gasteiger partial charge >= 0.3 is 0 Å². The summed E-state index contributed by atoms with van der Waals surface area (Å²) in [7, 11) is 0. The number of carbonyl (C=O) groups excluding carboxylic acids is 1. The molecule has 26 heavy (non-hydrogen) atoms. The van der Waals surface area contributed by atoms with Crippen LogP contribution in [0, 0.1) is 10.1 Å². The number of rotatable bonds is 5. The molecule has 1 heterocycles. The lowest BCUT2D eigenvalue weighted by Crippen LogP contribution is -2.07. The smallest absolute Gasteiger partial charge is 0.269 e. The molecule has 0 fully saturated rings. The number of nitrogens with zero attached hydrogens (tertiary/aromatic N) is 1. The first-order chi connectivity index (χ1) is 12.5. The van der Waals surface area contributed by atoms with Gasteiger partial charge in [-0.1, -0.05) is 11.6 Å². The molecule has 3 rings (SSSR count). The maximum atomic E-state index is 11.9. The molecule has 1 aromatic heterocycles. The van der Waals surface area contributed by atoms with Gasteiger partial charge in [-0.25, -0.2) is 0 Å². The Kier molecular flexibility index (Phi) is 5.15. The SMILES string of the molecule is O=C(/C=C/c1ccc(-c2ccc([N+](=O)[O-])cc2)o1)Nc1ccc(Cl)cc1. The van der Waals surface area contributed by atoms with Gasteiger partial charge in [0.25, 0.3) is 5.69 Å². The van der Waals surface area contributed by atoms with Crippen molar-refractivity contribution >= 4 is 35.0 Å². The molecule has 0 aliphatic carbocycles. The monoisotopic (exact) mass is 368 g/mol. The molecule has 0 saturated carbocycles. The highest BCUT2D eigenvalue weighted by molar-refractivity contribution is 6.30. The number of nitrogens with one attached hydrogen (secondary N) is 1. The van der Waals surface area contributed by atoms with Crippen LogP contribution in [0.15, 0.2) is 71.2 Å². The Balaban J connectivity index is 1.65. The third kappa shape index (κ3) is 4.37. The molecule has 0 atom stereocenters. The average Bonchev–Trinajstić information content (AvgIpc) is 3.11. The quantitative estimate of drug-likeness (QED) is 0.383. The molecule has 6 nitrogen and oxygen atoms in total. The molecule has 0 aliphatic rings. The fourth-order valence-corrected chi connectivity index (χ4v) is 2.35. The molecule has 0 spiro atoms. The molecule has 0 radical (unpaired) electrons. The molecule has 130 valence electrons. The molecule has 0 aliphatic heterocycles. The molecular formula is C19H13ClN2O4. The molecule has 0 unspecified atom stereocenters. The highest BCUT2D eigenvalue weighted by Crippen LogP contribution is 2.25. The van der Waals surface area contributed by atoms with Gasteiger partial charge in [-0.15, -0.1) is 0 Å². The summed E-state index contributed by atoms with van der Waals surface area (Å²) in [5, 5.41) is 14.0. The van der Waals surface area contributed by atoms with Crippen LogP contribution in [0.1, 0.15) is 5.76 Å². The third-order valence-corrected chi connectivity index (χ3v) is 3.75. The van der Waals surface area contributed by atoms with Crippen molar-refractivity contribution in [1.82, 2.24) is 0 Å². The van der Waals surface area contributed by atoms with E-state index in [4.69, 9.17) is 16.0 Å². The first-order valence-electron chi connectivity index (χ1n) is 7.60. The van der Waals surface area contributed by atoms with Crippen molar-refractivity contribution in [1.29, 1.82) is 0 Å². The van der Waals surface area contributed by atoms with Crippen LogP contribution in [0.5, 0.6) is 0 Å². The number of carbonyl (C=O) groups is 1. The van der Waals surface area contributed by atoms with E-state index in [-0.39, 0.29) is 11.6 Å². The summed E-state index contributed by atoms with van der Waals surface area (Å²) in [5.74, 6) is 0.739. The Morgan fingerprint density at radius 2 is 1.73 bits per heavy atom. The van der Waals surface area contributed by atoms with Gasteiger partial charge in [-0.05, 0) is 54.6 Å². The van der Waals surface area contributed by atoms with E-state index in [0.717, 1.165) is 0 Å². The lowest BCUT2D eigenvalue weighted by molar-refractivity contribution is -0.384. The topological polar surface area (TPSA) is 85.4 Å². The minimum absolute atomic E-state index is 0.0132. The number of non-ortho nitro benzene ring substituents is 1. The Morgan fingerprint density at radius 1 is 1.04 bits per heavy atom. The van der Waals surface area contributed by atoms with Gasteiger partial charge in [0.2, 0.25) is 5.91 Å². The van der Waals surface area contributed by atoms with Crippen molar-refractivity contribution in [2.24, 2.45) is 0 Å². The number of furan rings is 1. The first kappa shape index (κ1) is 17.4. The number of anilines is 1. The Labute approximate surface area is 153 Å². The lowest BCUT2D eigenvalue weighted by Gasteiger charge is -2.01. The van der Waals surface area contributed by atoms with E-state index < -0.39 is 4.92 Å². The zero-order chi connectivity index (χ0) is 18.5. The van der Waals surface area contributed by atoms with Crippen molar-refractivity contribution in [2.45, 2.75) is 0 Å². The predicted molar refractivity (Wildman–Crippen MR) is 99.9 cm³/mol. The van der Waals surface area contributed by atoms with Gasteiger partial charge in [0.1, 0.15) is 11.5 Å². The molecule has 7 heteroatoms. The first-order valence-corrected chi connectivity index (χ1v) is 7.98. The van der Waals surface area contributed by atoms with Gasteiger partial charge in [0, 0.05) is 34.5 Å². The van der Waals surface area contributed by atoms with Crippen LogP contribution >= 0.6 is 11.6 Å². The number of halogens is 1. The Bertz CT molecular complexity index is 960. The largest absolute Gasteiger partial charge is 0.457 e. The fourth-order valence-electron chi connectivity index (χ4n) is 2.22. The summed E-state index contributed by atoms with van der Waals surface area (Å²) in [6.07, 6.45) is 2.90. The summed E-state index contributed by atoms with van der Waals surface area (Å²) in [6, 6.07) is 16.3. The van der Waals surface area contributed by atoms with Crippen LogP contribution in [-0.4, -0.2) is 10.8 Å². The van der Waals surface area contributed by atoms with Gasteiger partial charge < -0.3 is 9.73 Å². The van der Waals surface area contributed by atoms with Crippen LogP contribution in [0.4, 0.5) is 11.4 Å². The zero-order valence-electron chi connectivity index (χ0n) is 13.4. The van der Waals surface area contributed by atoms with E-state index in [0.29, 0.717) is 27.8 Å². The Morgan fingerprint density at radius 3 is 2.38 bits per heavy atom. The highest BCUT2D eigenvalue weighted by atomic mass is 35.5. The number of nitro benzene ring substituents is 1. The van der Waals surface area contributed by atoms with Crippen LogP contribution in [0.25, 0.3) is 17.4 Å². The van der Waals surface area contributed by atoms with E-state index >= 15 is 0 Å². The molecule has 0 saturated heterocycles. The maximum absolute atomic E-state index is 11.9. The zero-order valence-corrected chi connectivity index (χ0v) is 14.1. The van der Waals surface area contributed by atoms with E-state index in [1.165, 1.54) is 18.2 Å². The number of hydrogen-bond acceptors (Lipinski definition) is 4. The molecular weight excluding hydrogens is 356 g/mol. The Hall–Kier alpha value is -3.38. The standard InChI is InChI=1S/C19H13ClN2O4/c20-14-3-5-15(6-4-14)21-19(23)12-10-17-9-11-18(26-17)13-1-7-16(8-2-13)22(24)25/h1-12H,(H,21,23)/b12-10+. The number of amides is 1. The third-order valence-electron chi connectivity index (χ3n) is 3.50. The lowest BCUT2D eigenvalue weighted by atomic mass is 10.1. The highest BCUT2D eigenvalue weighted by Gasteiger charge is 2.08.